The second kappa shape index (κ2) is 7.50. The van der Waals surface area contributed by atoms with E-state index >= 15 is 0 Å². The minimum absolute atomic E-state index is 0.0385. The fourth-order valence-corrected chi connectivity index (χ4v) is 4.18. The molecular formula is C24H21FN4O2. The van der Waals surface area contributed by atoms with Crippen LogP contribution in [0.5, 0.6) is 0 Å². The van der Waals surface area contributed by atoms with Crippen LogP contribution >= 0.6 is 0 Å². The zero-order valence-corrected chi connectivity index (χ0v) is 17.0. The van der Waals surface area contributed by atoms with Crippen LogP contribution in [0.3, 0.4) is 0 Å². The molecule has 1 unspecified atom stereocenters. The molecule has 0 aliphatic carbocycles. The van der Waals surface area contributed by atoms with E-state index in [1.165, 1.54) is 0 Å². The van der Waals surface area contributed by atoms with E-state index in [1.54, 1.807) is 10.7 Å². The van der Waals surface area contributed by atoms with Gasteiger partial charge in [0, 0.05) is 18.8 Å². The summed E-state index contributed by atoms with van der Waals surface area (Å²) in [7, 11) is 0. The van der Waals surface area contributed by atoms with Gasteiger partial charge in [0.15, 0.2) is 11.3 Å². The van der Waals surface area contributed by atoms with Crippen molar-refractivity contribution >= 4 is 22.7 Å². The highest BCUT2D eigenvalue weighted by atomic mass is 19.1. The number of carboxylic acid groups (broad SMARTS) is 1. The lowest BCUT2D eigenvalue weighted by Gasteiger charge is -2.18. The number of nitrogens with zero attached hydrogens (tertiary/aromatic N) is 4. The fraction of sp³-hybridized carbons (Fsp3) is 0.208. The number of aromatic nitrogens is 3. The van der Waals surface area contributed by atoms with Crippen molar-refractivity contribution < 1.29 is 14.3 Å². The highest BCUT2D eigenvalue weighted by Crippen LogP contribution is 2.34. The minimum atomic E-state index is -1.09. The Kier molecular flexibility index (Phi) is 4.66. The summed E-state index contributed by atoms with van der Waals surface area (Å²) in [4.78, 5) is 18.2. The summed E-state index contributed by atoms with van der Waals surface area (Å²) in [5, 5.41) is 15.1. The van der Waals surface area contributed by atoms with Crippen molar-refractivity contribution in [3.63, 3.8) is 0 Å². The number of aryl methyl sites for hydroxylation is 1. The number of rotatable bonds is 4. The molecule has 6 nitrogen and oxygen atoms in total. The Morgan fingerprint density at radius 2 is 1.84 bits per heavy atom. The maximum absolute atomic E-state index is 13.6. The van der Waals surface area contributed by atoms with Crippen molar-refractivity contribution in [1.82, 2.24) is 14.8 Å². The van der Waals surface area contributed by atoms with Gasteiger partial charge in [-0.3, -0.25) is 0 Å². The SMILES string of the molecule is Cc1nn(-c2ccccc2)c2nc(C(=O)O)cc(-c3ccc(N4CCC(F)C4)cc3)c12. The van der Waals surface area contributed by atoms with Gasteiger partial charge in [-0.1, -0.05) is 30.3 Å². The van der Waals surface area contributed by atoms with E-state index in [1.807, 2.05) is 66.4 Å². The van der Waals surface area contributed by atoms with Gasteiger partial charge in [0.1, 0.15) is 6.17 Å². The fourth-order valence-electron chi connectivity index (χ4n) is 4.18. The Labute approximate surface area is 178 Å². The van der Waals surface area contributed by atoms with Gasteiger partial charge in [-0.25, -0.2) is 18.9 Å². The molecule has 3 heterocycles. The molecule has 31 heavy (non-hydrogen) atoms. The first-order valence-electron chi connectivity index (χ1n) is 10.2. The third-order valence-corrected chi connectivity index (χ3v) is 5.71. The van der Waals surface area contributed by atoms with E-state index in [2.05, 4.69) is 10.1 Å². The van der Waals surface area contributed by atoms with Crippen molar-refractivity contribution in [3.05, 3.63) is 72.1 Å². The van der Waals surface area contributed by atoms with Crippen LogP contribution < -0.4 is 4.90 Å². The molecule has 1 aliphatic heterocycles. The number of benzene rings is 2. The maximum Gasteiger partial charge on any atom is 0.354 e. The largest absolute Gasteiger partial charge is 0.477 e. The molecule has 0 amide bonds. The zero-order valence-electron chi connectivity index (χ0n) is 17.0. The van der Waals surface area contributed by atoms with Crippen LogP contribution in [0, 0.1) is 6.92 Å². The number of aromatic carboxylic acids is 1. The molecule has 1 fully saturated rings. The Bertz CT molecular complexity index is 1270. The highest BCUT2D eigenvalue weighted by Gasteiger charge is 2.23. The number of hydrogen-bond donors (Lipinski definition) is 1. The van der Waals surface area contributed by atoms with Crippen LogP contribution in [0.15, 0.2) is 60.7 Å². The van der Waals surface area contributed by atoms with E-state index in [0.717, 1.165) is 33.6 Å². The lowest BCUT2D eigenvalue weighted by Crippen LogP contribution is -2.19. The quantitative estimate of drug-likeness (QED) is 0.525. The molecule has 0 spiro atoms. The van der Waals surface area contributed by atoms with Gasteiger partial charge < -0.3 is 10.0 Å². The zero-order chi connectivity index (χ0) is 21.5. The summed E-state index contributed by atoms with van der Waals surface area (Å²) < 4.78 is 15.3. The Hall–Kier alpha value is -3.74. The summed E-state index contributed by atoms with van der Waals surface area (Å²) in [6, 6.07) is 18.9. The van der Waals surface area contributed by atoms with Crippen molar-refractivity contribution in [1.29, 1.82) is 0 Å². The predicted molar refractivity (Wildman–Crippen MR) is 118 cm³/mol. The van der Waals surface area contributed by atoms with E-state index in [-0.39, 0.29) is 5.69 Å². The van der Waals surface area contributed by atoms with E-state index in [9.17, 15) is 14.3 Å². The monoisotopic (exact) mass is 416 g/mol. The molecule has 0 radical (unpaired) electrons. The summed E-state index contributed by atoms with van der Waals surface area (Å²) in [6.07, 6.45) is -0.240. The molecule has 156 valence electrons. The Balaban J connectivity index is 1.66. The van der Waals surface area contributed by atoms with Crippen LogP contribution in [0.1, 0.15) is 22.6 Å². The van der Waals surface area contributed by atoms with Gasteiger partial charge in [0.2, 0.25) is 0 Å². The normalized spacial score (nSPS) is 16.2. The molecule has 0 bridgehead atoms. The first kappa shape index (κ1) is 19.2. The van der Waals surface area contributed by atoms with Crippen LogP contribution in [0.2, 0.25) is 0 Å². The van der Waals surface area contributed by atoms with Crippen LogP contribution in [-0.2, 0) is 0 Å². The average molecular weight is 416 g/mol. The van der Waals surface area contributed by atoms with Crippen LogP contribution in [0.4, 0.5) is 10.1 Å². The lowest BCUT2D eigenvalue weighted by molar-refractivity contribution is 0.0691. The topological polar surface area (TPSA) is 71.2 Å². The van der Waals surface area contributed by atoms with Crippen molar-refractivity contribution in [2.75, 3.05) is 18.0 Å². The van der Waals surface area contributed by atoms with Crippen molar-refractivity contribution in [3.8, 4) is 16.8 Å². The lowest BCUT2D eigenvalue weighted by atomic mass is 10.0. The number of pyridine rings is 1. The summed E-state index contributed by atoms with van der Waals surface area (Å²) in [5.41, 5.74) is 4.63. The third-order valence-electron chi connectivity index (χ3n) is 5.71. The van der Waals surface area contributed by atoms with E-state index in [0.29, 0.717) is 25.2 Å². The second-order valence-corrected chi connectivity index (χ2v) is 7.77. The first-order chi connectivity index (χ1) is 15.0. The first-order valence-corrected chi connectivity index (χ1v) is 10.2. The summed E-state index contributed by atoms with van der Waals surface area (Å²) in [5.74, 6) is -1.09. The van der Waals surface area contributed by atoms with Crippen LogP contribution in [0.25, 0.3) is 27.8 Å². The third kappa shape index (κ3) is 3.42. The number of carboxylic acids is 1. The van der Waals surface area contributed by atoms with Gasteiger partial charge in [-0.05, 0) is 54.8 Å². The number of para-hydroxylation sites is 1. The predicted octanol–water partition coefficient (Wildman–Crippen LogP) is 4.64. The smallest absolute Gasteiger partial charge is 0.354 e. The number of carbonyl (C=O) groups is 1. The minimum Gasteiger partial charge on any atom is -0.477 e. The molecule has 0 saturated carbocycles. The number of hydrogen-bond acceptors (Lipinski definition) is 4. The molecular weight excluding hydrogens is 395 g/mol. The maximum atomic E-state index is 13.6. The molecule has 1 N–H and O–H groups in total. The Morgan fingerprint density at radius 1 is 1.10 bits per heavy atom. The highest BCUT2D eigenvalue weighted by molar-refractivity contribution is 6.00. The summed E-state index contributed by atoms with van der Waals surface area (Å²) in [6.45, 7) is 3.00. The number of anilines is 1. The molecule has 4 aromatic rings. The standard InChI is InChI=1S/C24H21FN4O2/c1-15-22-20(16-7-9-18(10-8-16)28-12-11-17(25)14-28)13-21(24(30)31)26-23(22)29(27-15)19-5-3-2-4-6-19/h2-10,13,17H,11-12,14H2,1H3,(H,30,31). The summed E-state index contributed by atoms with van der Waals surface area (Å²) >= 11 is 0. The molecule has 1 atom stereocenters. The number of alkyl halides is 1. The van der Waals surface area contributed by atoms with Gasteiger partial charge in [0.25, 0.3) is 0 Å². The molecule has 2 aromatic carbocycles. The van der Waals surface area contributed by atoms with Gasteiger partial charge in [-0.15, -0.1) is 0 Å². The van der Waals surface area contributed by atoms with Gasteiger partial charge >= 0.3 is 5.97 Å². The van der Waals surface area contributed by atoms with Gasteiger partial charge in [-0.2, -0.15) is 5.10 Å². The molecule has 1 saturated heterocycles. The van der Waals surface area contributed by atoms with Crippen LogP contribution in [-0.4, -0.2) is 45.1 Å². The van der Waals surface area contributed by atoms with E-state index < -0.39 is 12.1 Å². The average Bonchev–Trinajstić information content (AvgIpc) is 3.37. The van der Waals surface area contributed by atoms with Gasteiger partial charge in [0.05, 0.1) is 16.8 Å². The van der Waals surface area contributed by atoms with Crippen molar-refractivity contribution in [2.45, 2.75) is 19.5 Å². The number of halogens is 1. The Morgan fingerprint density at radius 3 is 2.48 bits per heavy atom. The molecule has 5 rings (SSSR count). The van der Waals surface area contributed by atoms with E-state index in [4.69, 9.17) is 0 Å². The van der Waals surface area contributed by atoms with Crippen molar-refractivity contribution in [2.24, 2.45) is 0 Å². The molecule has 2 aromatic heterocycles. The molecule has 7 heteroatoms. The molecule has 1 aliphatic rings. The number of fused-ring (bicyclic) bond motifs is 1. The second-order valence-electron chi connectivity index (χ2n) is 7.77.